The Morgan fingerprint density at radius 1 is 0.800 bits per heavy atom. The highest BCUT2D eigenvalue weighted by molar-refractivity contribution is 6.15. The number of nitrogens with one attached hydrogen (secondary N) is 2. The van der Waals surface area contributed by atoms with Gasteiger partial charge in [0.2, 0.25) is 5.78 Å². The first-order valence-electron chi connectivity index (χ1n) is 8.16. The van der Waals surface area contributed by atoms with Crippen molar-refractivity contribution >= 4 is 33.1 Å². The lowest BCUT2D eigenvalue weighted by atomic mass is 10.1. The molecule has 4 nitrogen and oxygen atoms in total. The van der Waals surface area contributed by atoms with Crippen LogP contribution in [-0.4, -0.2) is 20.9 Å². The van der Waals surface area contributed by atoms with Crippen LogP contribution < -0.4 is 0 Å². The number of ketones is 1. The first kappa shape index (κ1) is 15.3. The lowest BCUT2D eigenvalue weighted by Crippen LogP contribution is -1.98. The maximum absolute atomic E-state index is 12.7. The lowest BCUT2D eigenvalue weighted by molar-refractivity contribution is 0.104. The molecular weight excluding hydrogens is 312 g/mol. The number of benzene rings is 2. The van der Waals surface area contributed by atoms with E-state index in [1.807, 2.05) is 62.4 Å². The van der Waals surface area contributed by atoms with Crippen LogP contribution in [0.4, 0.5) is 0 Å². The molecular formula is C21H18N2O2. The van der Waals surface area contributed by atoms with Crippen LogP contribution in [0, 0.1) is 13.8 Å². The first-order valence-corrected chi connectivity index (χ1v) is 8.16. The highest BCUT2D eigenvalue weighted by Crippen LogP contribution is 2.27. The molecule has 0 aliphatic rings. The number of carbonyl (C=O) groups is 1. The van der Waals surface area contributed by atoms with E-state index in [1.165, 1.54) is 6.08 Å². The molecule has 0 fully saturated rings. The van der Waals surface area contributed by atoms with Gasteiger partial charge in [0.15, 0.2) is 0 Å². The van der Waals surface area contributed by atoms with Crippen LogP contribution in [0.15, 0.2) is 54.6 Å². The van der Waals surface area contributed by atoms with Crippen molar-refractivity contribution in [3.8, 4) is 0 Å². The van der Waals surface area contributed by atoms with Gasteiger partial charge >= 0.3 is 0 Å². The van der Waals surface area contributed by atoms with E-state index in [-0.39, 0.29) is 11.5 Å². The van der Waals surface area contributed by atoms with Gasteiger partial charge < -0.3 is 15.1 Å². The molecule has 2 heterocycles. The van der Waals surface area contributed by atoms with Gasteiger partial charge in [-0.2, -0.15) is 0 Å². The second-order valence-corrected chi connectivity index (χ2v) is 6.23. The number of aromatic amines is 2. The molecule has 25 heavy (non-hydrogen) atoms. The Kier molecular flexibility index (Phi) is 3.46. The van der Waals surface area contributed by atoms with Gasteiger partial charge in [0, 0.05) is 39.0 Å². The molecule has 0 atom stereocenters. The topological polar surface area (TPSA) is 68.9 Å². The Balaban J connectivity index is 1.80. The zero-order chi connectivity index (χ0) is 17.6. The van der Waals surface area contributed by atoms with E-state index >= 15 is 0 Å². The van der Waals surface area contributed by atoms with Gasteiger partial charge in [-0.3, -0.25) is 4.79 Å². The molecule has 0 saturated heterocycles. The summed E-state index contributed by atoms with van der Waals surface area (Å²) in [6.45, 7) is 3.88. The fourth-order valence-electron chi connectivity index (χ4n) is 3.37. The Labute approximate surface area is 144 Å². The number of hydrogen-bond acceptors (Lipinski definition) is 2. The number of aliphatic hydroxyl groups is 1. The van der Waals surface area contributed by atoms with Crippen molar-refractivity contribution in [2.24, 2.45) is 0 Å². The Morgan fingerprint density at radius 3 is 1.80 bits per heavy atom. The summed E-state index contributed by atoms with van der Waals surface area (Å²) in [7, 11) is 0. The Morgan fingerprint density at radius 2 is 1.24 bits per heavy atom. The molecule has 3 N–H and O–H groups in total. The van der Waals surface area contributed by atoms with Crippen LogP contribution in [0.1, 0.15) is 27.6 Å². The minimum absolute atomic E-state index is 0.0642. The Bertz CT molecular complexity index is 1150. The summed E-state index contributed by atoms with van der Waals surface area (Å²) in [5, 5.41) is 14.3. The van der Waals surface area contributed by atoms with Gasteiger partial charge in [-0.05, 0) is 13.8 Å². The molecule has 0 unspecified atom stereocenters. The summed E-state index contributed by atoms with van der Waals surface area (Å²) in [6, 6.07) is 15.5. The summed E-state index contributed by atoms with van der Waals surface area (Å²) in [4.78, 5) is 19.0. The van der Waals surface area contributed by atoms with Crippen LogP contribution in [-0.2, 0) is 0 Å². The van der Waals surface area contributed by atoms with Gasteiger partial charge in [0.1, 0.15) is 5.76 Å². The maximum atomic E-state index is 12.7. The van der Waals surface area contributed by atoms with E-state index < -0.39 is 0 Å². The third kappa shape index (κ3) is 2.43. The molecule has 0 bridgehead atoms. The van der Waals surface area contributed by atoms with Crippen LogP contribution in [0.5, 0.6) is 0 Å². The third-order valence-corrected chi connectivity index (χ3v) is 4.60. The van der Waals surface area contributed by atoms with Crippen LogP contribution in [0.3, 0.4) is 0 Å². The number of H-pyrrole nitrogens is 2. The average molecular weight is 330 g/mol. The number of fused-ring (bicyclic) bond motifs is 2. The second-order valence-electron chi connectivity index (χ2n) is 6.23. The predicted octanol–water partition coefficient (Wildman–Crippen LogP) is 5.05. The lowest BCUT2D eigenvalue weighted by Gasteiger charge is -1.99. The predicted molar refractivity (Wildman–Crippen MR) is 101 cm³/mol. The molecule has 0 amide bonds. The van der Waals surface area contributed by atoms with E-state index in [0.29, 0.717) is 11.4 Å². The van der Waals surface area contributed by atoms with Gasteiger partial charge in [0.05, 0.1) is 11.4 Å². The number of aromatic nitrogens is 2. The zero-order valence-corrected chi connectivity index (χ0v) is 14.1. The second kappa shape index (κ2) is 5.67. The number of carbonyl (C=O) groups excluding carboxylic acids is 1. The van der Waals surface area contributed by atoms with Gasteiger partial charge in [-0.1, -0.05) is 48.5 Å². The molecule has 2 aromatic heterocycles. The van der Waals surface area contributed by atoms with E-state index in [1.54, 1.807) is 0 Å². The van der Waals surface area contributed by atoms with E-state index in [4.69, 9.17) is 0 Å². The summed E-state index contributed by atoms with van der Waals surface area (Å²) in [5.74, 6) is -0.316. The van der Waals surface area contributed by atoms with Crippen molar-refractivity contribution in [2.75, 3.05) is 0 Å². The monoisotopic (exact) mass is 330 g/mol. The first-order chi connectivity index (χ1) is 12.1. The number of rotatable bonds is 3. The normalized spacial score (nSPS) is 12.2. The average Bonchev–Trinajstić information content (AvgIpc) is 3.14. The van der Waals surface area contributed by atoms with Crippen molar-refractivity contribution in [3.05, 3.63) is 77.4 Å². The van der Waals surface area contributed by atoms with Crippen molar-refractivity contribution in [2.45, 2.75) is 13.8 Å². The number of aliphatic hydroxyl groups excluding tert-OH is 1. The van der Waals surface area contributed by atoms with Crippen LogP contribution in [0.2, 0.25) is 0 Å². The third-order valence-electron chi connectivity index (χ3n) is 4.60. The summed E-state index contributed by atoms with van der Waals surface area (Å²) < 4.78 is 0. The van der Waals surface area contributed by atoms with Crippen molar-refractivity contribution < 1.29 is 9.90 Å². The number of hydrogen-bond donors (Lipinski definition) is 3. The van der Waals surface area contributed by atoms with E-state index in [2.05, 4.69) is 9.97 Å². The smallest absolute Gasteiger partial charge is 0.206 e. The fourth-order valence-corrected chi connectivity index (χ4v) is 3.37. The molecule has 0 aliphatic carbocycles. The van der Waals surface area contributed by atoms with E-state index in [9.17, 15) is 9.90 Å². The largest absolute Gasteiger partial charge is 0.506 e. The van der Waals surface area contributed by atoms with Crippen LogP contribution >= 0.6 is 0 Å². The molecule has 4 heteroatoms. The molecule has 2 aromatic carbocycles. The van der Waals surface area contributed by atoms with Gasteiger partial charge in [0.25, 0.3) is 0 Å². The van der Waals surface area contributed by atoms with Crippen LogP contribution in [0.25, 0.3) is 27.3 Å². The molecule has 0 saturated carbocycles. The van der Waals surface area contributed by atoms with Crippen molar-refractivity contribution in [1.82, 2.24) is 9.97 Å². The minimum Gasteiger partial charge on any atom is -0.506 e. The molecule has 0 aliphatic heterocycles. The highest BCUT2D eigenvalue weighted by Gasteiger charge is 2.16. The maximum Gasteiger partial charge on any atom is 0.206 e. The fraction of sp³-hybridized carbons (Fsp3) is 0.0952. The summed E-state index contributed by atoms with van der Waals surface area (Å²) in [6.07, 6.45) is 1.27. The van der Waals surface area contributed by atoms with Gasteiger partial charge in [-0.15, -0.1) is 0 Å². The highest BCUT2D eigenvalue weighted by atomic mass is 16.3. The minimum atomic E-state index is -0.252. The standard InChI is InChI=1S/C21H18N2O2/c1-12-14-7-3-5-9-16(14)20(22-12)18(24)11-19(25)21-17-10-6-4-8-15(17)13(2)23-21/h3-11,22-24H,1-2H3/b18-11-. The molecule has 0 spiro atoms. The number of aryl methyl sites for hydroxylation is 2. The molecule has 0 radical (unpaired) electrons. The Hall–Kier alpha value is -3.27. The number of allylic oxidation sites excluding steroid dienone is 1. The summed E-state index contributed by atoms with van der Waals surface area (Å²) in [5.41, 5.74) is 2.95. The van der Waals surface area contributed by atoms with Gasteiger partial charge in [-0.25, -0.2) is 0 Å². The van der Waals surface area contributed by atoms with Crippen molar-refractivity contribution in [3.63, 3.8) is 0 Å². The SMILES string of the molecule is Cc1[nH]c(C(=O)/C=C(\O)c2[nH]c(C)c3ccccc23)c2ccccc12. The van der Waals surface area contributed by atoms with Crippen molar-refractivity contribution in [1.29, 1.82) is 0 Å². The summed E-state index contributed by atoms with van der Waals surface area (Å²) >= 11 is 0. The molecule has 4 aromatic rings. The molecule has 124 valence electrons. The quantitative estimate of drug-likeness (QED) is 0.279. The zero-order valence-electron chi connectivity index (χ0n) is 14.1. The molecule has 4 rings (SSSR count). The van der Waals surface area contributed by atoms with E-state index in [0.717, 1.165) is 32.9 Å².